The highest BCUT2D eigenvalue weighted by atomic mass is 16.5. The third-order valence-electron chi connectivity index (χ3n) is 3.32. The molecule has 0 aliphatic carbocycles. The Morgan fingerprint density at radius 2 is 2.44 bits per heavy atom. The van der Waals surface area contributed by atoms with Gasteiger partial charge in [0.15, 0.2) is 0 Å². The van der Waals surface area contributed by atoms with Crippen LogP contribution in [0.5, 0.6) is 0 Å². The monoisotopic (exact) mass is 253 g/mol. The number of nitrogens with zero attached hydrogens (tertiary/aromatic N) is 3. The van der Waals surface area contributed by atoms with Crippen LogP contribution in [0.15, 0.2) is 0 Å². The van der Waals surface area contributed by atoms with E-state index in [1.165, 1.54) is 0 Å². The maximum atomic E-state index is 12.3. The van der Waals surface area contributed by atoms with E-state index in [4.69, 9.17) is 10.5 Å². The zero-order valence-electron chi connectivity index (χ0n) is 10.7. The molecule has 2 rings (SSSR count). The minimum Gasteiger partial charge on any atom is -0.381 e. The molecule has 0 radical (unpaired) electrons. The zero-order chi connectivity index (χ0) is 13.1. The van der Waals surface area contributed by atoms with Gasteiger partial charge < -0.3 is 15.4 Å². The molecule has 0 bridgehead atoms. The minimum absolute atomic E-state index is 0.00462. The molecule has 7 heteroatoms. The van der Waals surface area contributed by atoms with Gasteiger partial charge in [-0.3, -0.25) is 9.89 Å². The second kappa shape index (κ2) is 5.45. The predicted molar refractivity (Wildman–Crippen MR) is 65.0 cm³/mol. The number of ether oxygens (including phenoxy) is 1. The van der Waals surface area contributed by atoms with Crippen LogP contribution in [0, 0.1) is 6.92 Å². The van der Waals surface area contributed by atoms with Crippen LogP contribution in [0.25, 0.3) is 0 Å². The molecule has 2 unspecified atom stereocenters. The SMILES string of the molecule is COC1CCN(C(=O)c2n[nH]c(C)n2)C(CN)C1. The number of hydrogen-bond donors (Lipinski definition) is 2. The van der Waals surface area contributed by atoms with Gasteiger partial charge in [-0.15, -0.1) is 5.10 Å². The largest absolute Gasteiger partial charge is 0.381 e. The molecule has 1 fully saturated rings. The number of aromatic amines is 1. The average molecular weight is 253 g/mol. The van der Waals surface area contributed by atoms with E-state index in [1.807, 2.05) is 0 Å². The van der Waals surface area contributed by atoms with Crippen molar-refractivity contribution >= 4 is 5.91 Å². The molecule has 2 heterocycles. The Hall–Kier alpha value is -1.47. The quantitative estimate of drug-likeness (QED) is 0.770. The van der Waals surface area contributed by atoms with Gasteiger partial charge in [-0.25, -0.2) is 4.98 Å². The molecule has 0 aromatic carbocycles. The van der Waals surface area contributed by atoms with E-state index in [1.54, 1.807) is 18.9 Å². The predicted octanol–water partition coefficient (Wildman–Crippen LogP) is -0.309. The van der Waals surface area contributed by atoms with Crippen LogP contribution in [0.2, 0.25) is 0 Å². The van der Waals surface area contributed by atoms with Crippen molar-refractivity contribution in [2.75, 3.05) is 20.2 Å². The van der Waals surface area contributed by atoms with E-state index in [2.05, 4.69) is 15.2 Å². The molecule has 1 aromatic rings. The highest BCUT2D eigenvalue weighted by molar-refractivity contribution is 5.90. The van der Waals surface area contributed by atoms with Crippen molar-refractivity contribution in [2.24, 2.45) is 5.73 Å². The van der Waals surface area contributed by atoms with E-state index in [-0.39, 0.29) is 23.9 Å². The first kappa shape index (κ1) is 13.0. The Morgan fingerprint density at radius 1 is 1.67 bits per heavy atom. The minimum atomic E-state index is -0.163. The van der Waals surface area contributed by atoms with Crippen molar-refractivity contribution in [1.29, 1.82) is 0 Å². The van der Waals surface area contributed by atoms with Gasteiger partial charge in [0, 0.05) is 26.2 Å². The lowest BCUT2D eigenvalue weighted by atomic mass is 9.99. The number of likely N-dealkylation sites (tertiary alicyclic amines) is 1. The first-order valence-electron chi connectivity index (χ1n) is 6.08. The van der Waals surface area contributed by atoms with E-state index >= 15 is 0 Å². The molecule has 1 saturated heterocycles. The van der Waals surface area contributed by atoms with Gasteiger partial charge in [-0.1, -0.05) is 0 Å². The number of aryl methyl sites for hydroxylation is 1. The summed E-state index contributed by atoms with van der Waals surface area (Å²) in [7, 11) is 1.69. The molecule has 3 N–H and O–H groups in total. The summed E-state index contributed by atoms with van der Waals surface area (Å²) in [4.78, 5) is 18.1. The molecule has 0 saturated carbocycles. The van der Waals surface area contributed by atoms with Gasteiger partial charge >= 0.3 is 0 Å². The molecule has 100 valence electrons. The fourth-order valence-electron chi connectivity index (χ4n) is 2.29. The third-order valence-corrected chi connectivity index (χ3v) is 3.32. The van der Waals surface area contributed by atoms with Gasteiger partial charge in [-0.05, 0) is 19.8 Å². The van der Waals surface area contributed by atoms with Gasteiger partial charge in [-0.2, -0.15) is 0 Å². The highest BCUT2D eigenvalue weighted by Gasteiger charge is 2.32. The van der Waals surface area contributed by atoms with Crippen molar-refractivity contribution in [1.82, 2.24) is 20.1 Å². The number of rotatable bonds is 3. The maximum absolute atomic E-state index is 12.3. The summed E-state index contributed by atoms with van der Waals surface area (Å²) in [5, 5.41) is 6.58. The van der Waals surface area contributed by atoms with Crippen LogP contribution in [0.1, 0.15) is 29.3 Å². The summed E-state index contributed by atoms with van der Waals surface area (Å²) in [6.07, 6.45) is 1.76. The summed E-state index contributed by atoms with van der Waals surface area (Å²) < 4.78 is 5.33. The Balaban J connectivity index is 2.10. The zero-order valence-corrected chi connectivity index (χ0v) is 10.7. The Bertz CT molecular complexity index is 419. The molecule has 18 heavy (non-hydrogen) atoms. The van der Waals surface area contributed by atoms with Crippen LogP contribution in [-0.2, 0) is 4.74 Å². The van der Waals surface area contributed by atoms with E-state index in [0.29, 0.717) is 18.9 Å². The number of methoxy groups -OCH3 is 1. The summed E-state index contributed by atoms with van der Waals surface area (Å²) >= 11 is 0. The molecule has 0 spiro atoms. The standard InChI is InChI=1S/C11H19N5O2/c1-7-13-10(15-14-7)11(17)16-4-3-9(18-2)5-8(16)6-12/h8-9H,3-6,12H2,1-2H3,(H,13,14,15). The average Bonchev–Trinajstić information content (AvgIpc) is 2.83. The van der Waals surface area contributed by atoms with Gasteiger partial charge in [0.2, 0.25) is 5.82 Å². The van der Waals surface area contributed by atoms with E-state index in [9.17, 15) is 4.79 Å². The fraction of sp³-hybridized carbons (Fsp3) is 0.727. The van der Waals surface area contributed by atoms with Crippen molar-refractivity contribution in [3.8, 4) is 0 Å². The molecular formula is C11H19N5O2. The molecule has 7 nitrogen and oxygen atoms in total. The van der Waals surface area contributed by atoms with Gasteiger partial charge in [0.1, 0.15) is 5.82 Å². The first-order valence-corrected chi connectivity index (χ1v) is 6.08. The molecular weight excluding hydrogens is 234 g/mol. The number of nitrogens with two attached hydrogens (primary N) is 1. The second-order valence-corrected chi connectivity index (χ2v) is 4.51. The lowest BCUT2D eigenvalue weighted by Crippen LogP contribution is -2.51. The summed E-state index contributed by atoms with van der Waals surface area (Å²) in [5.74, 6) is 0.681. The highest BCUT2D eigenvalue weighted by Crippen LogP contribution is 2.20. The van der Waals surface area contributed by atoms with Crippen LogP contribution in [0.3, 0.4) is 0 Å². The Labute approximate surface area is 106 Å². The number of aromatic nitrogens is 3. The number of amides is 1. The molecule has 1 amide bonds. The van der Waals surface area contributed by atoms with Crippen molar-refractivity contribution in [3.63, 3.8) is 0 Å². The van der Waals surface area contributed by atoms with Crippen molar-refractivity contribution < 1.29 is 9.53 Å². The Kier molecular flexibility index (Phi) is 3.93. The number of H-pyrrole nitrogens is 1. The van der Waals surface area contributed by atoms with E-state index < -0.39 is 0 Å². The smallest absolute Gasteiger partial charge is 0.293 e. The lowest BCUT2D eigenvalue weighted by molar-refractivity contribution is 0.0133. The first-order chi connectivity index (χ1) is 8.65. The van der Waals surface area contributed by atoms with Gasteiger partial charge in [0.05, 0.1) is 6.10 Å². The van der Waals surface area contributed by atoms with E-state index in [0.717, 1.165) is 12.8 Å². The maximum Gasteiger partial charge on any atom is 0.293 e. The lowest BCUT2D eigenvalue weighted by Gasteiger charge is -2.37. The van der Waals surface area contributed by atoms with Crippen LogP contribution >= 0.6 is 0 Å². The second-order valence-electron chi connectivity index (χ2n) is 4.51. The van der Waals surface area contributed by atoms with Crippen molar-refractivity contribution in [3.05, 3.63) is 11.6 Å². The fourth-order valence-corrected chi connectivity index (χ4v) is 2.29. The molecule has 1 aromatic heterocycles. The molecule has 1 aliphatic rings. The molecule has 2 atom stereocenters. The topological polar surface area (TPSA) is 97.1 Å². The van der Waals surface area contributed by atoms with Crippen molar-refractivity contribution in [2.45, 2.75) is 31.9 Å². The Morgan fingerprint density at radius 3 is 3.00 bits per heavy atom. The number of nitrogens with one attached hydrogen (secondary N) is 1. The normalized spacial score (nSPS) is 24.3. The number of carbonyl (C=O) groups excluding carboxylic acids is 1. The van der Waals surface area contributed by atoms with Crippen LogP contribution < -0.4 is 5.73 Å². The third kappa shape index (κ3) is 2.51. The van der Waals surface area contributed by atoms with Crippen LogP contribution in [-0.4, -0.2) is 58.3 Å². The molecule has 1 aliphatic heterocycles. The summed E-state index contributed by atoms with van der Waals surface area (Å²) in [6, 6.07) is -0.00462. The number of hydrogen-bond acceptors (Lipinski definition) is 5. The van der Waals surface area contributed by atoms with Crippen LogP contribution in [0.4, 0.5) is 0 Å². The summed E-state index contributed by atoms with van der Waals surface area (Å²) in [5.41, 5.74) is 5.73. The summed E-state index contributed by atoms with van der Waals surface area (Å²) in [6.45, 7) is 2.82. The number of carbonyl (C=O) groups is 1. The van der Waals surface area contributed by atoms with Gasteiger partial charge in [0.25, 0.3) is 5.91 Å². The number of piperidine rings is 1.